The monoisotopic (exact) mass is 190 g/mol. The molecule has 0 saturated carbocycles. The van der Waals surface area contributed by atoms with E-state index >= 15 is 0 Å². The molecule has 0 heterocycles. The lowest BCUT2D eigenvalue weighted by molar-refractivity contribution is -0.309. The Hall–Kier alpha value is -1.10. The fourth-order valence-electron chi connectivity index (χ4n) is 0.888. The molecule has 0 aromatic heterocycles. The zero-order valence-corrected chi connectivity index (χ0v) is 8.59. The van der Waals surface area contributed by atoms with E-state index in [9.17, 15) is 14.7 Å². The van der Waals surface area contributed by atoms with Gasteiger partial charge in [0.25, 0.3) is 0 Å². The minimum atomic E-state index is -1.22. The molecule has 13 heavy (non-hydrogen) atoms. The van der Waals surface area contributed by atoms with Crippen LogP contribution in [0.2, 0.25) is 0 Å². The first-order chi connectivity index (χ1) is 5.49. The highest BCUT2D eigenvalue weighted by atomic mass is 16.4. The first-order valence-electron chi connectivity index (χ1n) is 3.97. The van der Waals surface area contributed by atoms with Gasteiger partial charge in [-0.15, -0.1) is 0 Å². The lowest BCUT2D eigenvalue weighted by Crippen LogP contribution is -2.50. The maximum absolute atomic E-state index is 10.6. The Morgan fingerprint density at radius 1 is 1.46 bits per heavy atom. The van der Waals surface area contributed by atoms with Crippen LogP contribution in [-0.2, 0) is 9.59 Å². The number of carboxylic acids is 1. The number of carboxylic acid groups (broad SMARTS) is 1. The number of amides is 1. The molecule has 0 radical (unpaired) electrons. The van der Waals surface area contributed by atoms with Gasteiger partial charge in [0, 0.05) is 6.92 Å². The number of rotatable bonds is 4. The number of aliphatic carboxylic acids is 1. The molecule has 0 aliphatic rings. The average molecular weight is 190 g/mol. The predicted octanol–water partition coefficient (Wildman–Crippen LogP) is -0.337. The van der Waals surface area contributed by atoms with Crippen molar-refractivity contribution < 1.29 is 14.7 Å². The summed E-state index contributed by atoms with van der Waals surface area (Å²) in [5.41, 5.74) is 0. The largest absolute Gasteiger partial charge is 0.548 e. The summed E-state index contributed by atoms with van der Waals surface area (Å²) < 4.78 is 0. The van der Waals surface area contributed by atoms with Gasteiger partial charge in [0.2, 0.25) is 5.91 Å². The van der Waals surface area contributed by atoms with Crippen molar-refractivity contribution in [2.45, 2.75) is 33.2 Å². The zero-order chi connectivity index (χ0) is 9.72. The van der Waals surface area contributed by atoms with Gasteiger partial charge in [-0.1, -0.05) is 20.3 Å². The van der Waals surface area contributed by atoms with Gasteiger partial charge in [0.1, 0.15) is 0 Å². The van der Waals surface area contributed by atoms with E-state index in [1.54, 1.807) is 6.92 Å². The van der Waals surface area contributed by atoms with E-state index in [4.69, 9.17) is 0 Å². The second-order valence-electron chi connectivity index (χ2n) is 2.88. The van der Waals surface area contributed by atoms with E-state index < -0.39 is 12.0 Å². The molecular formula is C8H18N2O3. The summed E-state index contributed by atoms with van der Waals surface area (Å²) in [6, 6.07) is -0.868. The number of carbonyl (C=O) groups is 2. The number of hydrogen-bond donors (Lipinski definition) is 2. The van der Waals surface area contributed by atoms with Crippen molar-refractivity contribution in [1.82, 2.24) is 11.5 Å². The predicted molar refractivity (Wildman–Crippen MR) is 48.1 cm³/mol. The van der Waals surface area contributed by atoms with Crippen molar-refractivity contribution >= 4 is 11.9 Å². The van der Waals surface area contributed by atoms with Crippen molar-refractivity contribution in [3.05, 3.63) is 0 Å². The molecule has 0 bridgehead atoms. The summed E-state index contributed by atoms with van der Waals surface area (Å²) in [6.45, 7) is 4.91. The third kappa shape index (κ3) is 5.19. The van der Waals surface area contributed by atoms with Crippen LogP contribution >= 0.6 is 0 Å². The van der Waals surface area contributed by atoms with Crippen LogP contribution in [0.1, 0.15) is 27.2 Å². The molecular weight excluding hydrogens is 172 g/mol. The maximum Gasteiger partial charge on any atom is 0.217 e. The Bertz CT molecular complexity index is 182. The summed E-state index contributed by atoms with van der Waals surface area (Å²) in [5.74, 6) is -1.66. The van der Waals surface area contributed by atoms with E-state index in [1.807, 2.05) is 6.92 Å². The van der Waals surface area contributed by atoms with Crippen LogP contribution in [-0.4, -0.2) is 17.9 Å². The van der Waals surface area contributed by atoms with Gasteiger partial charge in [0.05, 0.1) is 12.0 Å². The molecule has 2 atom stereocenters. The molecule has 0 spiro atoms. The molecule has 0 unspecified atom stereocenters. The topological polar surface area (TPSA) is 106 Å². The SMILES string of the molecule is CC[C@@H](C)[C@H](NC(C)=O)C(=O)[O-].[NH4+]. The van der Waals surface area contributed by atoms with Crippen LogP contribution in [0.15, 0.2) is 0 Å². The Morgan fingerprint density at radius 3 is 2.15 bits per heavy atom. The van der Waals surface area contributed by atoms with E-state index in [0.717, 1.165) is 0 Å². The first-order valence-corrected chi connectivity index (χ1v) is 3.97. The molecule has 0 fully saturated rings. The van der Waals surface area contributed by atoms with Gasteiger partial charge in [0.15, 0.2) is 0 Å². The molecule has 0 aromatic rings. The molecule has 0 saturated heterocycles. The van der Waals surface area contributed by atoms with Crippen LogP contribution in [0, 0.1) is 5.92 Å². The molecule has 5 heteroatoms. The lowest BCUT2D eigenvalue weighted by atomic mass is 9.99. The average Bonchev–Trinajstić information content (AvgIpc) is 1.98. The number of nitrogens with one attached hydrogen (secondary N) is 1. The van der Waals surface area contributed by atoms with Gasteiger partial charge in [-0.25, -0.2) is 0 Å². The van der Waals surface area contributed by atoms with Gasteiger partial charge >= 0.3 is 0 Å². The van der Waals surface area contributed by atoms with Crippen molar-refractivity contribution in [3.8, 4) is 0 Å². The van der Waals surface area contributed by atoms with Crippen LogP contribution in [0.5, 0.6) is 0 Å². The van der Waals surface area contributed by atoms with Gasteiger partial charge in [-0.3, -0.25) is 4.79 Å². The second kappa shape index (κ2) is 6.42. The third-order valence-electron chi connectivity index (χ3n) is 1.83. The minimum Gasteiger partial charge on any atom is -0.548 e. The maximum atomic E-state index is 10.6. The van der Waals surface area contributed by atoms with Crippen LogP contribution < -0.4 is 16.6 Å². The fraction of sp³-hybridized carbons (Fsp3) is 0.750. The first kappa shape index (κ1) is 14.4. The van der Waals surface area contributed by atoms with Crippen LogP contribution in [0.25, 0.3) is 0 Å². The Morgan fingerprint density at radius 2 is 1.92 bits per heavy atom. The van der Waals surface area contributed by atoms with Gasteiger partial charge in [-0.2, -0.15) is 0 Å². The number of quaternary nitrogens is 1. The number of carbonyl (C=O) groups excluding carboxylic acids is 2. The van der Waals surface area contributed by atoms with Crippen molar-refractivity contribution in [2.24, 2.45) is 5.92 Å². The van der Waals surface area contributed by atoms with E-state index in [2.05, 4.69) is 5.32 Å². The quantitative estimate of drug-likeness (QED) is 0.633. The van der Waals surface area contributed by atoms with Crippen LogP contribution in [0.3, 0.4) is 0 Å². The summed E-state index contributed by atoms with van der Waals surface area (Å²) in [5, 5.41) is 12.8. The van der Waals surface area contributed by atoms with E-state index in [1.165, 1.54) is 6.92 Å². The molecule has 0 aromatic carbocycles. The molecule has 1 amide bonds. The highest BCUT2D eigenvalue weighted by molar-refractivity contribution is 5.81. The summed E-state index contributed by atoms with van der Waals surface area (Å²) in [7, 11) is 0. The van der Waals surface area contributed by atoms with Crippen molar-refractivity contribution in [1.29, 1.82) is 0 Å². The smallest absolute Gasteiger partial charge is 0.217 e. The van der Waals surface area contributed by atoms with Crippen LogP contribution in [0.4, 0.5) is 0 Å². The molecule has 5 N–H and O–H groups in total. The normalized spacial score (nSPS) is 13.8. The Labute approximate surface area is 78.1 Å². The highest BCUT2D eigenvalue weighted by Gasteiger charge is 2.17. The number of hydrogen-bond acceptors (Lipinski definition) is 3. The third-order valence-corrected chi connectivity index (χ3v) is 1.83. The fourth-order valence-corrected chi connectivity index (χ4v) is 0.888. The van der Waals surface area contributed by atoms with Crippen molar-refractivity contribution in [3.63, 3.8) is 0 Å². The molecule has 5 nitrogen and oxygen atoms in total. The van der Waals surface area contributed by atoms with E-state index in [-0.39, 0.29) is 18.0 Å². The van der Waals surface area contributed by atoms with Gasteiger partial charge < -0.3 is 21.4 Å². The lowest BCUT2D eigenvalue weighted by Gasteiger charge is -2.24. The Balaban J connectivity index is 0. The zero-order valence-electron chi connectivity index (χ0n) is 8.59. The second-order valence-corrected chi connectivity index (χ2v) is 2.88. The molecule has 0 aliphatic heterocycles. The Kier molecular flexibility index (Phi) is 7.12. The molecule has 0 aliphatic carbocycles. The minimum absolute atomic E-state index is 0. The van der Waals surface area contributed by atoms with Gasteiger partial charge in [-0.05, 0) is 5.92 Å². The summed E-state index contributed by atoms with van der Waals surface area (Å²) in [6.07, 6.45) is 0.693. The van der Waals surface area contributed by atoms with Crippen molar-refractivity contribution in [2.75, 3.05) is 0 Å². The summed E-state index contributed by atoms with van der Waals surface area (Å²) in [4.78, 5) is 21.1. The highest BCUT2D eigenvalue weighted by Crippen LogP contribution is 2.06. The summed E-state index contributed by atoms with van der Waals surface area (Å²) >= 11 is 0. The standard InChI is InChI=1S/C8H15NO3.H3N/c1-4-5(2)7(8(11)12)9-6(3)10;/h5,7H,4H2,1-3H3,(H,9,10)(H,11,12);1H3/t5-,7+;/m1./s1. The molecule has 0 rings (SSSR count). The van der Waals surface area contributed by atoms with E-state index in [0.29, 0.717) is 6.42 Å². The molecule has 78 valence electrons.